The zero-order chi connectivity index (χ0) is 8.97. The van der Waals surface area contributed by atoms with Crippen molar-refractivity contribution in [2.75, 3.05) is 0 Å². The highest BCUT2D eigenvalue weighted by atomic mass is 16.1. The van der Waals surface area contributed by atoms with E-state index in [1.54, 1.807) is 6.20 Å². The SMILES string of the molecule is CCC(=O)c1cc(CC)ccn1. The third-order valence-electron chi connectivity index (χ3n) is 1.84. The van der Waals surface area contributed by atoms with Gasteiger partial charge in [0.2, 0.25) is 0 Å². The lowest BCUT2D eigenvalue weighted by atomic mass is 10.1. The molecular formula is C10H13NO. The highest BCUT2D eigenvalue weighted by Crippen LogP contribution is 2.04. The molecule has 2 nitrogen and oxygen atoms in total. The monoisotopic (exact) mass is 163 g/mol. The van der Waals surface area contributed by atoms with Crippen LogP contribution in [0.4, 0.5) is 0 Å². The van der Waals surface area contributed by atoms with Gasteiger partial charge in [-0.05, 0) is 24.1 Å². The van der Waals surface area contributed by atoms with Crippen LogP contribution in [0.2, 0.25) is 0 Å². The topological polar surface area (TPSA) is 30.0 Å². The van der Waals surface area contributed by atoms with Crippen LogP contribution in [0.1, 0.15) is 36.3 Å². The Morgan fingerprint density at radius 3 is 2.83 bits per heavy atom. The molecule has 1 heterocycles. The minimum Gasteiger partial charge on any atom is -0.292 e. The van der Waals surface area contributed by atoms with Gasteiger partial charge in [0.15, 0.2) is 5.78 Å². The standard InChI is InChI=1S/C10H13NO/c1-3-8-5-6-11-9(7-8)10(12)4-2/h5-7H,3-4H2,1-2H3. The minimum absolute atomic E-state index is 0.116. The molecular weight excluding hydrogens is 150 g/mol. The number of aryl methyl sites for hydroxylation is 1. The van der Waals surface area contributed by atoms with Crippen LogP contribution in [0, 0.1) is 0 Å². The summed E-state index contributed by atoms with van der Waals surface area (Å²) in [6.07, 6.45) is 3.18. The Morgan fingerprint density at radius 2 is 2.25 bits per heavy atom. The fraction of sp³-hybridized carbons (Fsp3) is 0.400. The number of carbonyl (C=O) groups is 1. The quantitative estimate of drug-likeness (QED) is 0.639. The maximum absolute atomic E-state index is 11.2. The number of aromatic nitrogens is 1. The van der Waals surface area contributed by atoms with Crippen LogP contribution in [-0.4, -0.2) is 10.8 Å². The Kier molecular flexibility index (Phi) is 2.97. The summed E-state index contributed by atoms with van der Waals surface area (Å²) in [5.41, 5.74) is 1.76. The number of Topliss-reactive ketones (excluding diaryl/α,β-unsaturated/α-hetero) is 1. The largest absolute Gasteiger partial charge is 0.292 e. The molecule has 0 bridgehead atoms. The molecule has 64 valence electrons. The lowest BCUT2D eigenvalue weighted by Crippen LogP contribution is -2.00. The molecule has 0 atom stereocenters. The van der Waals surface area contributed by atoms with E-state index in [9.17, 15) is 4.79 Å². The van der Waals surface area contributed by atoms with Gasteiger partial charge in [0.05, 0.1) is 0 Å². The molecule has 0 aliphatic heterocycles. The summed E-state index contributed by atoms with van der Waals surface area (Å²) in [4.78, 5) is 15.2. The lowest BCUT2D eigenvalue weighted by Gasteiger charge is -1.99. The number of nitrogens with zero attached hydrogens (tertiary/aromatic N) is 1. The van der Waals surface area contributed by atoms with Gasteiger partial charge in [-0.25, -0.2) is 0 Å². The van der Waals surface area contributed by atoms with Gasteiger partial charge in [0.1, 0.15) is 5.69 Å². The fourth-order valence-corrected chi connectivity index (χ4v) is 1.03. The van der Waals surface area contributed by atoms with Crippen LogP contribution in [0.15, 0.2) is 18.3 Å². The zero-order valence-corrected chi connectivity index (χ0v) is 7.50. The van der Waals surface area contributed by atoms with Gasteiger partial charge in [-0.15, -0.1) is 0 Å². The molecule has 0 aliphatic rings. The van der Waals surface area contributed by atoms with Gasteiger partial charge in [-0.1, -0.05) is 13.8 Å². The van der Waals surface area contributed by atoms with Gasteiger partial charge in [-0.2, -0.15) is 0 Å². The highest BCUT2D eigenvalue weighted by Gasteiger charge is 2.03. The van der Waals surface area contributed by atoms with Gasteiger partial charge in [0.25, 0.3) is 0 Å². The number of ketones is 1. The summed E-state index contributed by atoms with van der Waals surface area (Å²) < 4.78 is 0. The second-order valence-corrected chi connectivity index (χ2v) is 2.68. The first-order valence-corrected chi connectivity index (χ1v) is 4.26. The van der Waals surface area contributed by atoms with Crippen LogP contribution < -0.4 is 0 Å². The van der Waals surface area contributed by atoms with Gasteiger partial charge in [-0.3, -0.25) is 9.78 Å². The average molecular weight is 163 g/mol. The first-order chi connectivity index (χ1) is 5.77. The molecule has 1 rings (SSSR count). The minimum atomic E-state index is 0.116. The summed E-state index contributed by atoms with van der Waals surface area (Å²) >= 11 is 0. The smallest absolute Gasteiger partial charge is 0.180 e. The van der Waals surface area contributed by atoms with Crippen molar-refractivity contribution in [1.82, 2.24) is 4.98 Å². The average Bonchev–Trinajstić information content (AvgIpc) is 2.17. The van der Waals surface area contributed by atoms with E-state index in [0.717, 1.165) is 6.42 Å². The predicted molar refractivity (Wildman–Crippen MR) is 48.2 cm³/mol. The van der Waals surface area contributed by atoms with E-state index in [4.69, 9.17) is 0 Å². The fourth-order valence-electron chi connectivity index (χ4n) is 1.03. The summed E-state index contributed by atoms with van der Waals surface area (Å²) in [6, 6.07) is 3.80. The molecule has 0 unspecified atom stereocenters. The number of rotatable bonds is 3. The van der Waals surface area contributed by atoms with Crippen molar-refractivity contribution in [1.29, 1.82) is 0 Å². The maximum Gasteiger partial charge on any atom is 0.180 e. The Bertz CT molecular complexity index is 281. The normalized spacial score (nSPS) is 9.83. The van der Waals surface area contributed by atoms with E-state index < -0.39 is 0 Å². The third kappa shape index (κ3) is 1.91. The Hall–Kier alpha value is -1.18. The maximum atomic E-state index is 11.2. The number of hydrogen-bond acceptors (Lipinski definition) is 2. The number of hydrogen-bond donors (Lipinski definition) is 0. The molecule has 2 heteroatoms. The van der Waals surface area contributed by atoms with Crippen LogP contribution in [0.25, 0.3) is 0 Å². The van der Waals surface area contributed by atoms with Crippen molar-refractivity contribution in [3.8, 4) is 0 Å². The molecule has 0 N–H and O–H groups in total. The highest BCUT2D eigenvalue weighted by molar-refractivity contribution is 5.94. The van der Waals surface area contributed by atoms with Gasteiger partial charge in [0, 0.05) is 12.6 Å². The van der Waals surface area contributed by atoms with Crippen molar-refractivity contribution >= 4 is 5.78 Å². The van der Waals surface area contributed by atoms with Crippen molar-refractivity contribution in [3.05, 3.63) is 29.6 Å². The predicted octanol–water partition coefficient (Wildman–Crippen LogP) is 2.24. The molecule has 0 radical (unpaired) electrons. The van der Waals surface area contributed by atoms with Gasteiger partial charge < -0.3 is 0 Å². The first kappa shape index (κ1) is 8.91. The summed E-state index contributed by atoms with van der Waals surface area (Å²) in [5, 5.41) is 0. The molecule has 12 heavy (non-hydrogen) atoms. The van der Waals surface area contributed by atoms with E-state index in [1.165, 1.54) is 5.56 Å². The van der Waals surface area contributed by atoms with Crippen molar-refractivity contribution in [2.45, 2.75) is 26.7 Å². The summed E-state index contributed by atoms with van der Waals surface area (Å²) in [7, 11) is 0. The molecule has 0 saturated carbocycles. The first-order valence-electron chi connectivity index (χ1n) is 4.26. The molecule has 0 aromatic carbocycles. The Labute approximate surface area is 72.6 Å². The molecule has 0 spiro atoms. The van der Waals surface area contributed by atoms with Crippen molar-refractivity contribution in [2.24, 2.45) is 0 Å². The van der Waals surface area contributed by atoms with E-state index in [1.807, 2.05) is 19.1 Å². The van der Waals surface area contributed by atoms with Crippen LogP contribution in [0.3, 0.4) is 0 Å². The summed E-state index contributed by atoms with van der Waals surface area (Å²) in [5.74, 6) is 0.116. The number of carbonyl (C=O) groups excluding carboxylic acids is 1. The Balaban J connectivity index is 2.93. The Morgan fingerprint density at radius 1 is 1.50 bits per heavy atom. The van der Waals surface area contributed by atoms with E-state index >= 15 is 0 Å². The van der Waals surface area contributed by atoms with Crippen LogP contribution in [-0.2, 0) is 6.42 Å². The molecule has 1 aromatic rings. The number of pyridine rings is 1. The second kappa shape index (κ2) is 4.00. The molecule has 0 amide bonds. The molecule has 1 aromatic heterocycles. The van der Waals surface area contributed by atoms with Crippen molar-refractivity contribution in [3.63, 3.8) is 0 Å². The zero-order valence-electron chi connectivity index (χ0n) is 7.50. The van der Waals surface area contributed by atoms with Crippen molar-refractivity contribution < 1.29 is 4.79 Å². The third-order valence-corrected chi connectivity index (χ3v) is 1.84. The van der Waals surface area contributed by atoms with E-state index in [0.29, 0.717) is 12.1 Å². The molecule has 0 saturated heterocycles. The lowest BCUT2D eigenvalue weighted by molar-refractivity contribution is 0.0983. The van der Waals surface area contributed by atoms with Crippen LogP contribution >= 0.6 is 0 Å². The van der Waals surface area contributed by atoms with E-state index in [2.05, 4.69) is 11.9 Å². The molecule has 0 aliphatic carbocycles. The summed E-state index contributed by atoms with van der Waals surface area (Å²) in [6.45, 7) is 3.91. The van der Waals surface area contributed by atoms with Crippen LogP contribution in [0.5, 0.6) is 0 Å². The molecule has 0 fully saturated rings. The van der Waals surface area contributed by atoms with E-state index in [-0.39, 0.29) is 5.78 Å². The second-order valence-electron chi connectivity index (χ2n) is 2.68. The van der Waals surface area contributed by atoms with Gasteiger partial charge >= 0.3 is 0 Å².